The van der Waals surface area contributed by atoms with E-state index in [0.29, 0.717) is 9.99 Å². The Morgan fingerprint density at radius 1 is 1.62 bits per heavy atom. The van der Waals surface area contributed by atoms with Gasteiger partial charge >= 0.3 is 5.97 Å². The summed E-state index contributed by atoms with van der Waals surface area (Å²) in [6, 6.07) is 2.73. The second kappa shape index (κ2) is 3.91. The van der Waals surface area contributed by atoms with Gasteiger partial charge in [0.1, 0.15) is 0 Å². The molecule has 0 spiro atoms. The summed E-state index contributed by atoms with van der Waals surface area (Å²) in [5, 5.41) is 8.61. The average Bonchev–Trinajstić information content (AvgIpc) is 2.09. The predicted molar refractivity (Wildman–Crippen MR) is 55.5 cm³/mol. The standard InChI is InChI=1S/C8H7FINO2/c9-7-5(8(12)13)1-4(3-10)2-6(7)11/h1-2H,3,11H2,(H,12,13). The highest BCUT2D eigenvalue weighted by molar-refractivity contribution is 14.1. The lowest BCUT2D eigenvalue weighted by Gasteiger charge is -2.03. The normalized spacial score (nSPS) is 10.0. The number of aromatic carboxylic acids is 1. The Morgan fingerprint density at radius 3 is 2.69 bits per heavy atom. The molecule has 0 atom stereocenters. The van der Waals surface area contributed by atoms with Crippen LogP contribution >= 0.6 is 22.6 Å². The van der Waals surface area contributed by atoms with Gasteiger partial charge in [0.2, 0.25) is 0 Å². The molecule has 0 aliphatic carbocycles. The van der Waals surface area contributed by atoms with Gasteiger partial charge < -0.3 is 10.8 Å². The third-order valence-corrected chi connectivity index (χ3v) is 2.43. The number of benzene rings is 1. The molecule has 70 valence electrons. The van der Waals surface area contributed by atoms with E-state index in [-0.39, 0.29) is 11.3 Å². The SMILES string of the molecule is Nc1cc(CI)cc(C(=O)O)c1F. The molecule has 1 aromatic carbocycles. The van der Waals surface area contributed by atoms with Gasteiger partial charge in [0.25, 0.3) is 0 Å². The first-order valence-electron chi connectivity index (χ1n) is 3.43. The minimum absolute atomic E-state index is 0.119. The number of hydrogen-bond donors (Lipinski definition) is 2. The second-order valence-corrected chi connectivity index (χ2v) is 3.25. The molecular formula is C8H7FINO2. The van der Waals surface area contributed by atoms with E-state index >= 15 is 0 Å². The van der Waals surface area contributed by atoms with E-state index in [9.17, 15) is 9.18 Å². The van der Waals surface area contributed by atoms with E-state index in [0.717, 1.165) is 0 Å². The number of nitrogen functional groups attached to an aromatic ring is 1. The van der Waals surface area contributed by atoms with Gasteiger partial charge in [0.15, 0.2) is 5.82 Å². The van der Waals surface area contributed by atoms with E-state index in [2.05, 4.69) is 22.6 Å². The number of carboxylic acids is 1. The van der Waals surface area contributed by atoms with E-state index in [1.807, 2.05) is 0 Å². The van der Waals surface area contributed by atoms with Crippen molar-refractivity contribution in [1.29, 1.82) is 0 Å². The topological polar surface area (TPSA) is 63.3 Å². The molecule has 3 N–H and O–H groups in total. The first-order chi connectivity index (χ1) is 6.06. The van der Waals surface area contributed by atoms with Crippen LogP contribution in [0.15, 0.2) is 12.1 Å². The van der Waals surface area contributed by atoms with Gasteiger partial charge in [-0.15, -0.1) is 0 Å². The van der Waals surface area contributed by atoms with Crippen LogP contribution in [0.25, 0.3) is 0 Å². The van der Waals surface area contributed by atoms with Crippen LogP contribution in [0.2, 0.25) is 0 Å². The number of alkyl halides is 1. The molecule has 0 unspecified atom stereocenters. The lowest BCUT2D eigenvalue weighted by Crippen LogP contribution is -2.05. The molecule has 0 saturated heterocycles. The van der Waals surface area contributed by atoms with Gasteiger partial charge in [-0.25, -0.2) is 9.18 Å². The summed E-state index contributed by atoms with van der Waals surface area (Å²) in [4.78, 5) is 10.5. The second-order valence-electron chi connectivity index (χ2n) is 2.49. The molecule has 0 fully saturated rings. The maximum Gasteiger partial charge on any atom is 0.338 e. The predicted octanol–water partition coefficient (Wildman–Crippen LogP) is 2.04. The van der Waals surface area contributed by atoms with Crippen molar-refractivity contribution in [2.45, 2.75) is 4.43 Å². The first kappa shape index (κ1) is 10.2. The van der Waals surface area contributed by atoms with Gasteiger partial charge in [0, 0.05) is 4.43 Å². The fraction of sp³-hybridized carbons (Fsp3) is 0.125. The van der Waals surface area contributed by atoms with Crippen LogP contribution in [-0.4, -0.2) is 11.1 Å². The Morgan fingerprint density at radius 2 is 2.23 bits per heavy atom. The van der Waals surface area contributed by atoms with Gasteiger partial charge in [-0.2, -0.15) is 0 Å². The maximum atomic E-state index is 13.1. The summed E-state index contributed by atoms with van der Waals surface area (Å²) in [5.74, 6) is -2.16. The molecule has 0 aliphatic rings. The smallest absolute Gasteiger partial charge is 0.338 e. The average molecular weight is 295 g/mol. The van der Waals surface area contributed by atoms with Crippen molar-refractivity contribution in [3.05, 3.63) is 29.1 Å². The lowest BCUT2D eigenvalue weighted by atomic mass is 10.1. The molecule has 1 aromatic rings. The number of carboxylic acid groups (broad SMARTS) is 1. The Hall–Kier alpha value is -0.850. The van der Waals surface area contributed by atoms with E-state index in [1.54, 1.807) is 0 Å². The highest BCUT2D eigenvalue weighted by Gasteiger charge is 2.13. The molecule has 5 heteroatoms. The fourth-order valence-corrected chi connectivity index (χ4v) is 1.38. The number of rotatable bonds is 2. The highest BCUT2D eigenvalue weighted by atomic mass is 127. The number of carbonyl (C=O) groups is 1. The monoisotopic (exact) mass is 295 g/mol. The minimum atomic E-state index is -1.30. The van der Waals surface area contributed by atoms with Gasteiger partial charge in [-0.3, -0.25) is 0 Å². The molecule has 0 saturated carbocycles. The Labute approximate surface area is 87.9 Å². The van der Waals surface area contributed by atoms with Crippen LogP contribution < -0.4 is 5.73 Å². The van der Waals surface area contributed by atoms with Crippen molar-refractivity contribution in [3.63, 3.8) is 0 Å². The molecule has 3 nitrogen and oxygen atoms in total. The summed E-state index contributed by atoms with van der Waals surface area (Å²) >= 11 is 2.05. The van der Waals surface area contributed by atoms with Crippen molar-refractivity contribution in [2.24, 2.45) is 0 Å². The fourth-order valence-electron chi connectivity index (χ4n) is 0.942. The zero-order chi connectivity index (χ0) is 10.0. The van der Waals surface area contributed by atoms with Crippen molar-refractivity contribution in [3.8, 4) is 0 Å². The van der Waals surface area contributed by atoms with Crippen LogP contribution in [0.3, 0.4) is 0 Å². The molecule has 0 heterocycles. The van der Waals surface area contributed by atoms with Crippen molar-refractivity contribution in [2.75, 3.05) is 5.73 Å². The summed E-state index contributed by atoms with van der Waals surface area (Å²) in [5.41, 5.74) is 5.51. The molecular weight excluding hydrogens is 288 g/mol. The van der Waals surface area contributed by atoms with Crippen LogP contribution in [0.4, 0.5) is 10.1 Å². The van der Waals surface area contributed by atoms with Crippen molar-refractivity contribution >= 4 is 34.2 Å². The quantitative estimate of drug-likeness (QED) is 0.498. The zero-order valence-electron chi connectivity index (χ0n) is 6.55. The Bertz CT molecular complexity index is 354. The summed E-state index contributed by atoms with van der Waals surface area (Å²) < 4.78 is 13.7. The minimum Gasteiger partial charge on any atom is -0.478 e. The van der Waals surface area contributed by atoms with Crippen LogP contribution in [0, 0.1) is 5.82 Å². The van der Waals surface area contributed by atoms with E-state index < -0.39 is 11.8 Å². The van der Waals surface area contributed by atoms with Gasteiger partial charge in [0.05, 0.1) is 11.3 Å². The number of nitrogens with two attached hydrogens (primary N) is 1. The third kappa shape index (κ3) is 2.09. The molecule has 13 heavy (non-hydrogen) atoms. The molecule has 0 bridgehead atoms. The van der Waals surface area contributed by atoms with E-state index in [1.165, 1.54) is 12.1 Å². The number of hydrogen-bond acceptors (Lipinski definition) is 2. The Balaban J connectivity index is 3.33. The van der Waals surface area contributed by atoms with Crippen LogP contribution in [0.5, 0.6) is 0 Å². The van der Waals surface area contributed by atoms with Gasteiger partial charge in [-0.05, 0) is 17.7 Å². The van der Waals surface area contributed by atoms with Crippen LogP contribution in [-0.2, 0) is 4.43 Å². The Kier molecular flexibility index (Phi) is 3.07. The van der Waals surface area contributed by atoms with E-state index in [4.69, 9.17) is 10.8 Å². The van der Waals surface area contributed by atoms with Crippen LogP contribution in [0.1, 0.15) is 15.9 Å². The van der Waals surface area contributed by atoms with Gasteiger partial charge in [-0.1, -0.05) is 22.6 Å². The molecule has 0 radical (unpaired) electrons. The molecule has 0 aromatic heterocycles. The molecule has 0 aliphatic heterocycles. The number of halogens is 2. The summed E-state index contributed by atoms with van der Waals surface area (Å²) in [7, 11) is 0. The zero-order valence-corrected chi connectivity index (χ0v) is 8.71. The summed E-state index contributed by atoms with van der Waals surface area (Å²) in [6.07, 6.45) is 0. The molecule has 0 amide bonds. The van der Waals surface area contributed by atoms with Crippen molar-refractivity contribution in [1.82, 2.24) is 0 Å². The first-order valence-corrected chi connectivity index (χ1v) is 4.96. The lowest BCUT2D eigenvalue weighted by molar-refractivity contribution is 0.0692. The highest BCUT2D eigenvalue weighted by Crippen LogP contribution is 2.19. The largest absolute Gasteiger partial charge is 0.478 e. The summed E-state index contributed by atoms with van der Waals surface area (Å²) in [6.45, 7) is 0. The number of anilines is 1. The maximum absolute atomic E-state index is 13.1. The van der Waals surface area contributed by atoms with Crippen molar-refractivity contribution < 1.29 is 14.3 Å². The third-order valence-electron chi connectivity index (χ3n) is 1.55. The molecule has 1 rings (SSSR count).